The van der Waals surface area contributed by atoms with E-state index in [0.29, 0.717) is 12.4 Å². The predicted octanol–water partition coefficient (Wildman–Crippen LogP) is 12.1. The molecule has 1 aliphatic rings. The van der Waals surface area contributed by atoms with Gasteiger partial charge in [0.2, 0.25) is 0 Å². The summed E-state index contributed by atoms with van der Waals surface area (Å²) in [4.78, 5) is 19.2. The molecule has 1 aliphatic carbocycles. The number of carboxylic acids is 1. The van der Waals surface area contributed by atoms with E-state index in [-0.39, 0.29) is 5.92 Å². The molecular formula is C45H79N5O3. The first-order valence-corrected chi connectivity index (χ1v) is 20.0. The van der Waals surface area contributed by atoms with Gasteiger partial charge in [-0.1, -0.05) is 118 Å². The van der Waals surface area contributed by atoms with Gasteiger partial charge < -0.3 is 20.6 Å². The second-order valence-corrected chi connectivity index (χ2v) is 12.4. The molecule has 0 unspecified atom stereocenters. The van der Waals surface area contributed by atoms with E-state index in [2.05, 4.69) is 106 Å². The summed E-state index contributed by atoms with van der Waals surface area (Å²) in [5.41, 5.74) is 13.1. The SMILES string of the molecule is C=C(\N=C/C=C(C)/C(/C=N\C=C/C)=C\CC)NC\C(CCC)=C(NNC)/C(C)=C/C=C(OC)\C(C)=C\CC.CC.CCCC.O=C(O)C1CCCCC1. The van der Waals surface area contributed by atoms with Crippen molar-refractivity contribution in [3.05, 3.63) is 94.4 Å². The van der Waals surface area contributed by atoms with Crippen LogP contribution in [0.2, 0.25) is 0 Å². The van der Waals surface area contributed by atoms with Crippen LogP contribution in [0.15, 0.2) is 104 Å². The van der Waals surface area contributed by atoms with Crippen LogP contribution < -0.4 is 16.2 Å². The first kappa shape index (κ1) is 53.4. The molecule has 0 radical (unpaired) electrons. The number of hydrazine groups is 1. The van der Waals surface area contributed by atoms with Crippen molar-refractivity contribution in [2.24, 2.45) is 15.9 Å². The van der Waals surface area contributed by atoms with Crippen LogP contribution in [0.3, 0.4) is 0 Å². The topological polar surface area (TPSA) is 107 Å². The van der Waals surface area contributed by atoms with Gasteiger partial charge in [-0.15, -0.1) is 0 Å². The first-order valence-electron chi connectivity index (χ1n) is 20.0. The van der Waals surface area contributed by atoms with Crippen LogP contribution in [0.25, 0.3) is 0 Å². The number of methoxy groups -OCH3 is 1. The minimum atomic E-state index is -0.602. The lowest BCUT2D eigenvalue weighted by Gasteiger charge is -2.18. The molecule has 0 amide bonds. The van der Waals surface area contributed by atoms with Gasteiger partial charge in [0.05, 0.1) is 18.7 Å². The molecule has 53 heavy (non-hydrogen) atoms. The van der Waals surface area contributed by atoms with Crippen LogP contribution in [0.1, 0.15) is 147 Å². The molecule has 0 aromatic heterocycles. The molecule has 0 aromatic carbocycles. The molecule has 0 heterocycles. The molecule has 4 N–H and O–H groups in total. The Kier molecular flexibility index (Phi) is 38.2. The number of allylic oxidation sites excluding steroid dienone is 10. The molecule has 0 aliphatic heterocycles. The van der Waals surface area contributed by atoms with Crippen LogP contribution in [0.4, 0.5) is 0 Å². The third-order valence-electron chi connectivity index (χ3n) is 8.00. The van der Waals surface area contributed by atoms with Crippen LogP contribution in [0, 0.1) is 5.92 Å². The van der Waals surface area contributed by atoms with Gasteiger partial charge in [0.25, 0.3) is 0 Å². The zero-order valence-corrected chi connectivity index (χ0v) is 36.1. The number of carbonyl (C=O) groups is 1. The molecule has 0 atom stereocenters. The molecule has 0 spiro atoms. The highest BCUT2D eigenvalue weighted by Gasteiger charge is 2.19. The van der Waals surface area contributed by atoms with Gasteiger partial charge in [-0.3, -0.25) is 9.79 Å². The summed E-state index contributed by atoms with van der Waals surface area (Å²) in [5.74, 6) is 0.841. The number of rotatable bonds is 20. The molecule has 0 saturated heterocycles. The predicted molar refractivity (Wildman–Crippen MR) is 234 cm³/mol. The van der Waals surface area contributed by atoms with E-state index in [1.807, 2.05) is 52.3 Å². The number of ether oxygens (including phenoxy) is 1. The van der Waals surface area contributed by atoms with E-state index < -0.39 is 5.97 Å². The number of hydrogen-bond acceptors (Lipinski definition) is 7. The first-order chi connectivity index (χ1) is 25.5. The Morgan fingerprint density at radius 3 is 1.98 bits per heavy atom. The lowest BCUT2D eigenvalue weighted by molar-refractivity contribution is -0.142. The molecule has 0 bridgehead atoms. The summed E-state index contributed by atoms with van der Waals surface area (Å²) in [5, 5.41) is 11.9. The smallest absolute Gasteiger partial charge is 0.306 e. The third-order valence-corrected chi connectivity index (χ3v) is 8.00. The largest absolute Gasteiger partial charge is 0.497 e. The highest BCUT2D eigenvalue weighted by atomic mass is 16.5. The Bertz CT molecular complexity index is 1250. The fraction of sp³-hybridized carbons (Fsp3) is 0.578. The van der Waals surface area contributed by atoms with Crippen molar-refractivity contribution in [1.82, 2.24) is 16.2 Å². The van der Waals surface area contributed by atoms with Crippen molar-refractivity contribution in [3.63, 3.8) is 0 Å². The lowest BCUT2D eigenvalue weighted by Crippen LogP contribution is -2.30. The van der Waals surface area contributed by atoms with Gasteiger partial charge in [-0.25, -0.2) is 10.4 Å². The number of nitrogens with zero attached hydrogens (tertiary/aromatic N) is 2. The summed E-state index contributed by atoms with van der Waals surface area (Å²) in [7, 11) is 3.58. The zero-order chi connectivity index (χ0) is 40.9. The average Bonchev–Trinajstić information content (AvgIpc) is 3.17. The summed E-state index contributed by atoms with van der Waals surface area (Å²) in [6.45, 7) is 27.7. The van der Waals surface area contributed by atoms with E-state index >= 15 is 0 Å². The maximum Gasteiger partial charge on any atom is 0.306 e. The van der Waals surface area contributed by atoms with Crippen molar-refractivity contribution in [2.75, 3.05) is 20.7 Å². The van der Waals surface area contributed by atoms with Gasteiger partial charge in [0, 0.05) is 32.2 Å². The quantitative estimate of drug-likeness (QED) is 0.0429. The van der Waals surface area contributed by atoms with E-state index in [9.17, 15) is 4.79 Å². The Hall–Kier alpha value is -3.91. The molecule has 302 valence electrons. The van der Waals surface area contributed by atoms with Gasteiger partial charge in [-0.2, -0.15) is 0 Å². The summed E-state index contributed by atoms with van der Waals surface area (Å²) in [6, 6.07) is 0. The number of unbranched alkanes of at least 4 members (excludes halogenated alkanes) is 1. The van der Waals surface area contributed by atoms with Crippen LogP contribution in [-0.2, 0) is 9.53 Å². The highest BCUT2D eigenvalue weighted by molar-refractivity contribution is 5.87. The minimum absolute atomic E-state index is 0.0289. The average molecular weight is 738 g/mol. The number of aliphatic imine (C=N–C) groups is 2. The summed E-state index contributed by atoms with van der Waals surface area (Å²) < 4.78 is 5.59. The Labute approximate surface area is 326 Å². The molecule has 8 heteroatoms. The fourth-order valence-electron chi connectivity index (χ4n) is 4.93. The number of carboxylic acid groups (broad SMARTS) is 1. The van der Waals surface area contributed by atoms with Crippen molar-refractivity contribution < 1.29 is 14.6 Å². The second kappa shape index (κ2) is 37.8. The van der Waals surface area contributed by atoms with Crippen molar-refractivity contribution >= 4 is 18.4 Å². The van der Waals surface area contributed by atoms with E-state index in [4.69, 9.17) is 9.84 Å². The molecular weight excluding hydrogens is 659 g/mol. The molecule has 1 saturated carbocycles. The van der Waals surface area contributed by atoms with Crippen LogP contribution in [0.5, 0.6) is 0 Å². The van der Waals surface area contributed by atoms with Gasteiger partial charge in [0.15, 0.2) is 0 Å². The third kappa shape index (κ3) is 28.3. The maximum absolute atomic E-state index is 10.4. The zero-order valence-electron chi connectivity index (χ0n) is 36.1. The maximum atomic E-state index is 10.4. The summed E-state index contributed by atoms with van der Waals surface area (Å²) in [6.07, 6.45) is 29.5. The fourth-order valence-corrected chi connectivity index (χ4v) is 4.93. The lowest BCUT2D eigenvalue weighted by atomic mass is 9.90. The Balaban J connectivity index is -0.00000138. The number of hydrogen-bond donors (Lipinski definition) is 4. The summed E-state index contributed by atoms with van der Waals surface area (Å²) >= 11 is 0. The standard InChI is InChI=1S/C32H51N5O.C7H12O2.C4H10.C2H6/c1-11-15-26(6)31(38-10)19-18-27(7)32(37-33-9)30(17-13-3)24-36-28(8)35-22-20-25(5)29(16-12-2)23-34-21-14-4;8-7(9)6-4-2-1-3-5-6;1-3-4-2;1-2/h14-16,18-23,33,36-37H,8,11-13,17,24H2,1-7,9-10H3;6H,1-5H2,(H,8,9);3-4H2,1-2H3;1-2H3/b21-14-,25-20+,26-15+,27-18+,29-16-,31-19+,32-30+,34-23-,35-22-;;;. The Morgan fingerprint density at radius 2 is 1.51 bits per heavy atom. The van der Waals surface area contributed by atoms with Crippen molar-refractivity contribution in [3.8, 4) is 0 Å². The normalized spacial score (nSPS) is 15.2. The van der Waals surface area contributed by atoms with Gasteiger partial charge >= 0.3 is 5.97 Å². The van der Waals surface area contributed by atoms with Crippen molar-refractivity contribution in [1.29, 1.82) is 0 Å². The van der Waals surface area contributed by atoms with E-state index in [0.717, 1.165) is 85.1 Å². The number of nitrogens with one attached hydrogen (secondary N) is 3. The van der Waals surface area contributed by atoms with E-state index in [1.165, 1.54) is 24.8 Å². The molecule has 1 fully saturated rings. The van der Waals surface area contributed by atoms with Crippen molar-refractivity contribution in [2.45, 2.75) is 147 Å². The molecule has 1 rings (SSSR count). The molecule has 8 nitrogen and oxygen atoms in total. The van der Waals surface area contributed by atoms with E-state index in [1.54, 1.807) is 19.5 Å². The monoisotopic (exact) mass is 738 g/mol. The van der Waals surface area contributed by atoms with Gasteiger partial charge in [0.1, 0.15) is 11.6 Å². The molecule has 0 aromatic rings. The Morgan fingerprint density at radius 1 is 0.887 bits per heavy atom. The number of aliphatic carboxylic acids is 1. The second-order valence-electron chi connectivity index (χ2n) is 12.4. The van der Waals surface area contributed by atoms with Crippen LogP contribution in [-0.4, -0.2) is 44.2 Å². The van der Waals surface area contributed by atoms with Gasteiger partial charge in [-0.05, 0) is 99.8 Å². The highest BCUT2D eigenvalue weighted by Crippen LogP contribution is 2.23. The minimum Gasteiger partial charge on any atom is -0.497 e. The van der Waals surface area contributed by atoms with Crippen LogP contribution >= 0.6 is 0 Å².